The number of hydrogen-bond acceptors (Lipinski definition) is 6. The van der Waals surface area contributed by atoms with Crippen molar-refractivity contribution in [1.29, 1.82) is 0 Å². The molecular weight excluding hydrogens is 260 g/mol. The van der Waals surface area contributed by atoms with E-state index in [1.165, 1.54) is 11.8 Å². The van der Waals surface area contributed by atoms with Crippen LogP contribution in [0.15, 0.2) is 5.38 Å². The second kappa shape index (κ2) is 8.46. The monoisotopic (exact) mass is 276 g/mol. The summed E-state index contributed by atoms with van der Waals surface area (Å²) in [6.45, 7) is 2.79. The van der Waals surface area contributed by atoms with Crippen molar-refractivity contribution in [2.75, 3.05) is 26.1 Å². The summed E-state index contributed by atoms with van der Waals surface area (Å²) in [4.78, 5) is 20.5. The molecule has 7 heteroatoms. The fourth-order valence-electron chi connectivity index (χ4n) is 1.01. The van der Waals surface area contributed by atoms with E-state index in [9.17, 15) is 4.79 Å². The van der Waals surface area contributed by atoms with E-state index in [4.69, 9.17) is 9.57 Å². The predicted octanol–water partition coefficient (Wildman–Crippen LogP) is 1.38. The number of rotatable bonds is 8. The SMILES string of the molecule is COCCONC(=O)CSCc1csc(C)n1. The zero-order valence-electron chi connectivity index (χ0n) is 9.89. The highest BCUT2D eigenvalue weighted by molar-refractivity contribution is 7.99. The van der Waals surface area contributed by atoms with Crippen LogP contribution >= 0.6 is 23.1 Å². The fourth-order valence-corrected chi connectivity index (χ4v) is 2.43. The number of carbonyl (C=O) groups excluding carboxylic acids is 1. The van der Waals surface area contributed by atoms with Crippen molar-refractivity contribution in [3.63, 3.8) is 0 Å². The maximum Gasteiger partial charge on any atom is 0.253 e. The van der Waals surface area contributed by atoms with Crippen LogP contribution in [0.2, 0.25) is 0 Å². The standard InChI is InChI=1S/C10H16N2O3S2/c1-8-11-9(6-17-8)5-16-7-10(13)12-15-4-3-14-2/h6H,3-5,7H2,1-2H3,(H,12,13). The molecule has 1 aromatic rings. The van der Waals surface area contributed by atoms with E-state index in [0.717, 1.165) is 16.5 Å². The molecule has 5 nitrogen and oxygen atoms in total. The highest BCUT2D eigenvalue weighted by Gasteiger charge is 2.03. The molecule has 0 unspecified atom stereocenters. The second-order valence-corrected chi connectivity index (χ2v) is 5.26. The van der Waals surface area contributed by atoms with Gasteiger partial charge in [0.15, 0.2) is 0 Å². The van der Waals surface area contributed by atoms with Crippen LogP contribution in [-0.4, -0.2) is 37.0 Å². The summed E-state index contributed by atoms with van der Waals surface area (Å²) >= 11 is 3.13. The van der Waals surface area contributed by atoms with Crippen molar-refractivity contribution in [3.05, 3.63) is 16.1 Å². The number of hydroxylamine groups is 1. The van der Waals surface area contributed by atoms with Crippen LogP contribution in [0.25, 0.3) is 0 Å². The summed E-state index contributed by atoms with van der Waals surface area (Å²) in [6.07, 6.45) is 0. The van der Waals surface area contributed by atoms with Crippen molar-refractivity contribution >= 4 is 29.0 Å². The molecule has 0 bridgehead atoms. The second-order valence-electron chi connectivity index (χ2n) is 3.22. The zero-order valence-corrected chi connectivity index (χ0v) is 11.5. The van der Waals surface area contributed by atoms with Gasteiger partial charge in [-0.25, -0.2) is 10.5 Å². The molecule has 0 spiro atoms. The van der Waals surface area contributed by atoms with Crippen LogP contribution in [0.1, 0.15) is 10.7 Å². The first-order valence-electron chi connectivity index (χ1n) is 5.10. The lowest BCUT2D eigenvalue weighted by molar-refractivity contribution is -0.131. The Bertz CT molecular complexity index is 344. The minimum absolute atomic E-state index is 0.141. The smallest absolute Gasteiger partial charge is 0.253 e. The van der Waals surface area contributed by atoms with E-state index >= 15 is 0 Å². The van der Waals surface area contributed by atoms with Gasteiger partial charge in [0.1, 0.15) is 0 Å². The summed E-state index contributed by atoms with van der Waals surface area (Å²) in [7, 11) is 1.58. The van der Waals surface area contributed by atoms with Gasteiger partial charge in [-0.15, -0.1) is 23.1 Å². The number of hydrogen-bond donors (Lipinski definition) is 1. The number of nitrogens with zero attached hydrogens (tertiary/aromatic N) is 1. The van der Waals surface area contributed by atoms with Gasteiger partial charge in [0.2, 0.25) is 0 Å². The van der Waals surface area contributed by atoms with Gasteiger partial charge in [0.25, 0.3) is 5.91 Å². The number of carbonyl (C=O) groups is 1. The van der Waals surface area contributed by atoms with Gasteiger partial charge in [0, 0.05) is 18.2 Å². The predicted molar refractivity (Wildman–Crippen MR) is 69.0 cm³/mol. The first-order chi connectivity index (χ1) is 8.22. The molecule has 1 amide bonds. The molecule has 0 atom stereocenters. The van der Waals surface area contributed by atoms with Gasteiger partial charge in [-0.3, -0.25) is 9.63 Å². The molecule has 0 saturated heterocycles. The molecule has 96 valence electrons. The van der Waals surface area contributed by atoms with Gasteiger partial charge >= 0.3 is 0 Å². The van der Waals surface area contributed by atoms with Gasteiger partial charge in [-0.2, -0.15) is 0 Å². The first-order valence-corrected chi connectivity index (χ1v) is 7.14. The third kappa shape index (κ3) is 6.62. The topological polar surface area (TPSA) is 60.5 Å². The largest absolute Gasteiger partial charge is 0.382 e. The number of ether oxygens (including phenoxy) is 1. The first kappa shape index (κ1) is 14.4. The minimum atomic E-state index is -0.141. The van der Waals surface area contributed by atoms with Crippen LogP contribution in [-0.2, 0) is 20.1 Å². The average Bonchev–Trinajstić information content (AvgIpc) is 2.71. The molecular formula is C10H16N2O3S2. The Morgan fingerprint density at radius 1 is 1.59 bits per heavy atom. The Labute approximate surface area is 109 Å². The number of aromatic nitrogens is 1. The van der Waals surface area contributed by atoms with Crippen molar-refractivity contribution in [3.8, 4) is 0 Å². The lowest BCUT2D eigenvalue weighted by Gasteiger charge is -2.04. The molecule has 0 radical (unpaired) electrons. The number of thiazole rings is 1. The lowest BCUT2D eigenvalue weighted by Crippen LogP contribution is -2.27. The normalized spacial score (nSPS) is 10.5. The van der Waals surface area contributed by atoms with Gasteiger partial charge in [-0.05, 0) is 6.92 Å². The van der Waals surface area contributed by atoms with Crippen LogP contribution in [0.4, 0.5) is 0 Å². The molecule has 0 aliphatic rings. The Balaban J connectivity index is 2.04. The third-order valence-electron chi connectivity index (χ3n) is 1.73. The number of aryl methyl sites for hydroxylation is 1. The fraction of sp³-hybridized carbons (Fsp3) is 0.600. The van der Waals surface area contributed by atoms with E-state index in [2.05, 4.69) is 10.5 Å². The van der Waals surface area contributed by atoms with E-state index in [1.54, 1.807) is 18.4 Å². The van der Waals surface area contributed by atoms with Gasteiger partial charge in [-0.1, -0.05) is 0 Å². The van der Waals surface area contributed by atoms with E-state index in [-0.39, 0.29) is 5.91 Å². The van der Waals surface area contributed by atoms with Crippen LogP contribution in [0.3, 0.4) is 0 Å². The van der Waals surface area contributed by atoms with Crippen molar-refractivity contribution < 1.29 is 14.4 Å². The maximum absolute atomic E-state index is 11.3. The van der Waals surface area contributed by atoms with Crippen LogP contribution < -0.4 is 5.48 Å². The highest BCUT2D eigenvalue weighted by Crippen LogP contribution is 2.14. The van der Waals surface area contributed by atoms with Gasteiger partial charge < -0.3 is 4.74 Å². The minimum Gasteiger partial charge on any atom is -0.382 e. The Morgan fingerprint density at radius 2 is 2.41 bits per heavy atom. The van der Waals surface area contributed by atoms with Gasteiger partial charge in [0.05, 0.1) is 29.7 Å². The van der Waals surface area contributed by atoms with E-state index in [0.29, 0.717) is 19.0 Å². The molecule has 0 saturated carbocycles. The highest BCUT2D eigenvalue weighted by atomic mass is 32.2. The maximum atomic E-state index is 11.3. The summed E-state index contributed by atoms with van der Waals surface area (Å²) in [6, 6.07) is 0. The van der Waals surface area contributed by atoms with E-state index < -0.39 is 0 Å². The molecule has 1 rings (SSSR count). The molecule has 1 heterocycles. The molecule has 1 aromatic heterocycles. The molecule has 0 aliphatic carbocycles. The number of amides is 1. The van der Waals surface area contributed by atoms with Crippen LogP contribution in [0.5, 0.6) is 0 Å². The molecule has 1 N–H and O–H groups in total. The number of methoxy groups -OCH3 is 1. The van der Waals surface area contributed by atoms with Crippen molar-refractivity contribution in [1.82, 2.24) is 10.5 Å². The Kier molecular flexibility index (Phi) is 7.18. The number of nitrogens with one attached hydrogen (secondary N) is 1. The van der Waals surface area contributed by atoms with Crippen LogP contribution in [0, 0.1) is 6.92 Å². The molecule has 0 aromatic carbocycles. The van der Waals surface area contributed by atoms with Crippen molar-refractivity contribution in [2.24, 2.45) is 0 Å². The van der Waals surface area contributed by atoms with Crippen molar-refractivity contribution in [2.45, 2.75) is 12.7 Å². The van der Waals surface area contributed by atoms with E-state index in [1.807, 2.05) is 12.3 Å². The Hall–Kier alpha value is -0.630. The molecule has 0 fully saturated rings. The Morgan fingerprint density at radius 3 is 3.06 bits per heavy atom. The summed E-state index contributed by atoms with van der Waals surface area (Å²) in [5, 5.41) is 3.06. The summed E-state index contributed by atoms with van der Waals surface area (Å²) in [5.41, 5.74) is 3.37. The summed E-state index contributed by atoms with van der Waals surface area (Å²) in [5.74, 6) is 0.970. The number of thioether (sulfide) groups is 1. The third-order valence-corrected chi connectivity index (χ3v) is 3.51. The quantitative estimate of drug-likeness (QED) is 0.574. The lowest BCUT2D eigenvalue weighted by atomic mass is 10.6. The molecule has 17 heavy (non-hydrogen) atoms. The summed E-state index contributed by atoms with van der Waals surface area (Å²) < 4.78 is 4.78. The zero-order chi connectivity index (χ0) is 12.5. The average molecular weight is 276 g/mol. The molecule has 0 aliphatic heterocycles.